The molecule has 10 heteroatoms. The lowest BCUT2D eigenvalue weighted by Gasteiger charge is -2.14. The fourth-order valence-corrected chi connectivity index (χ4v) is 3.28. The van der Waals surface area contributed by atoms with Crippen molar-refractivity contribution < 1.29 is 22.7 Å². The van der Waals surface area contributed by atoms with Gasteiger partial charge in [0.2, 0.25) is 10.0 Å². The van der Waals surface area contributed by atoms with Crippen molar-refractivity contribution in [1.29, 1.82) is 0 Å². The second kappa shape index (κ2) is 7.89. The highest BCUT2D eigenvalue weighted by molar-refractivity contribution is 7.93. The van der Waals surface area contributed by atoms with E-state index in [1.54, 1.807) is 5.38 Å². The summed E-state index contributed by atoms with van der Waals surface area (Å²) in [5.74, 6) is -1.29. The van der Waals surface area contributed by atoms with Crippen LogP contribution in [0, 0.1) is 5.82 Å². The van der Waals surface area contributed by atoms with Gasteiger partial charge in [-0.2, -0.15) is 0 Å². The Balaban J connectivity index is 2.26. The predicted octanol–water partition coefficient (Wildman–Crippen LogP) is 2.22. The van der Waals surface area contributed by atoms with Gasteiger partial charge in [-0.15, -0.1) is 11.3 Å². The van der Waals surface area contributed by atoms with Gasteiger partial charge in [0.15, 0.2) is 5.13 Å². The third kappa shape index (κ3) is 4.97. The number of benzene rings is 1. The van der Waals surface area contributed by atoms with E-state index in [1.165, 1.54) is 31.3 Å². The number of aromatic nitrogens is 1. The fraction of sp³-hybridized carbons (Fsp3) is 0.333. The standard InChI is InChI=1S/C15H18FN3O4S2/c1-9(2)25(22,23)19-13-7-10(16)3-4-12(13)14(21)18-15-17-11(5-6-20)8-24-15/h3-4,7-9,19-20H,5-6H2,1-2H3,(H,17,18,21). The van der Waals surface area contributed by atoms with Gasteiger partial charge in [0.1, 0.15) is 5.82 Å². The van der Waals surface area contributed by atoms with Crippen molar-refractivity contribution in [2.45, 2.75) is 25.5 Å². The molecule has 136 valence electrons. The Hall–Kier alpha value is -2.04. The summed E-state index contributed by atoms with van der Waals surface area (Å²) in [6.45, 7) is 2.88. The zero-order valence-corrected chi connectivity index (χ0v) is 15.2. The monoisotopic (exact) mass is 387 g/mol. The first kappa shape index (κ1) is 19.3. The van der Waals surface area contributed by atoms with Crippen molar-refractivity contribution in [2.24, 2.45) is 0 Å². The molecule has 0 atom stereocenters. The van der Waals surface area contributed by atoms with E-state index in [0.29, 0.717) is 17.2 Å². The Morgan fingerprint density at radius 2 is 2.12 bits per heavy atom. The molecule has 1 aromatic carbocycles. The van der Waals surface area contributed by atoms with Crippen molar-refractivity contribution in [1.82, 2.24) is 4.98 Å². The maximum atomic E-state index is 13.5. The Morgan fingerprint density at radius 1 is 1.40 bits per heavy atom. The van der Waals surface area contributed by atoms with Crippen molar-refractivity contribution in [3.63, 3.8) is 0 Å². The Labute approximate surface area is 149 Å². The molecule has 0 saturated carbocycles. The highest BCUT2D eigenvalue weighted by Gasteiger charge is 2.21. The van der Waals surface area contributed by atoms with Gasteiger partial charge >= 0.3 is 0 Å². The maximum Gasteiger partial charge on any atom is 0.259 e. The molecule has 0 aliphatic carbocycles. The minimum atomic E-state index is -3.74. The van der Waals surface area contributed by atoms with Crippen LogP contribution in [0.2, 0.25) is 0 Å². The first-order valence-corrected chi connectivity index (χ1v) is 9.83. The molecule has 1 amide bonds. The molecule has 1 aromatic heterocycles. The number of aliphatic hydroxyl groups excluding tert-OH is 1. The zero-order valence-electron chi connectivity index (χ0n) is 13.6. The number of anilines is 2. The predicted molar refractivity (Wildman–Crippen MR) is 94.9 cm³/mol. The van der Waals surface area contributed by atoms with Crippen LogP contribution in [0.25, 0.3) is 0 Å². The smallest absolute Gasteiger partial charge is 0.259 e. The summed E-state index contributed by atoms with van der Waals surface area (Å²) in [6, 6.07) is 3.22. The van der Waals surface area contributed by atoms with Crippen LogP contribution in [0.4, 0.5) is 15.2 Å². The van der Waals surface area contributed by atoms with Crippen LogP contribution in [0.1, 0.15) is 29.9 Å². The maximum absolute atomic E-state index is 13.5. The highest BCUT2D eigenvalue weighted by atomic mass is 32.2. The van der Waals surface area contributed by atoms with Crippen LogP contribution >= 0.6 is 11.3 Å². The molecule has 2 rings (SSSR count). The molecule has 2 aromatic rings. The largest absolute Gasteiger partial charge is 0.396 e. The summed E-state index contributed by atoms with van der Waals surface area (Å²) < 4.78 is 39.8. The lowest BCUT2D eigenvalue weighted by molar-refractivity contribution is 0.102. The lowest BCUT2D eigenvalue weighted by Crippen LogP contribution is -2.24. The molecule has 0 bridgehead atoms. The van der Waals surface area contributed by atoms with E-state index in [4.69, 9.17) is 5.11 Å². The molecule has 3 N–H and O–H groups in total. The number of carbonyl (C=O) groups is 1. The first-order valence-electron chi connectivity index (χ1n) is 7.40. The molecular weight excluding hydrogens is 369 g/mol. The van der Waals surface area contributed by atoms with Gasteiger partial charge < -0.3 is 5.11 Å². The second-order valence-corrected chi connectivity index (χ2v) is 8.55. The summed E-state index contributed by atoms with van der Waals surface area (Å²) in [4.78, 5) is 16.5. The van der Waals surface area contributed by atoms with Crippen molar-refractivity contribution in [2.75, 3.05) is 16.6 Å². The van der Waals surface area contributed by atoms with E-state index >= 15 is 0 Å². The van der Waals surface area contributed by atoms with Gasteiger partial charge in [0.25, 0.3) is 5.91 Å². The van der Waals surface area contributed by atoms with Gasteiger partial charge in [0.05, 0.1) is 22.2 Å². The molecule has 0 radical (unpaired) electrons. The van der Waals surface area contributed by atoms with Gasteiger partial charge in [-0.1, -0.05) is 0 Å². The number of hydrogen-bond donors (Lipinski definition) is 3. The van der Waals surface area contributed by atoms with Gasteiger partial charge in [-0.3, -0.25) is 14.8 Å². The molecular formula is C15H18FN3O4S2. The Kier molecular flexibility index (Phi) is 6.09. The third-order valence-corrected chi connectivity index (χ3v) is 5.79. The molecule has 1 heterocycles. The molecule has 0 aliphatic heterocycles. The minimum Gasteiger partial charge on any atom is -0.396 e. The number of hydrogen-bond acceptors (Lipinski definition) is 6. The number of thiazole rings is 1. The second-order valence-electron chi connectivity index (χ2n) is 5.46. The average Bonchev–Trinajstić information content (AvgIpc) is 2.94. The number of rotatable bonds is 7. The van der Waals surface area contributed by atoms with E-state index < -0.39 is 27.0 Å². The molecule has 0 spiro atoms. The number of amides is 1. The number of nitrogens with zero attached hydrogens (tertiary/aromatic N) is 1. The summed E-state index contributed by atoms with van der Waals surface area (Å²) in [5, 5.41) is 12.7. The summed E-state index contributed by atoms with van der Waals surface area (Å²) >= 11 is 1.17. The molecule has 7 nitrogen and oxygen atoms in total. The van der Waals surface area contributed by atoms with Gasteiger partial charge in [-0.25, -0.2) is 17.8 Å². The topological polar surface area (TPSA) is 108 Å². The van der Waals surface area contributed by atoms with Crippen LogP contribution in [0.15, 0.2) is 23.6 Å². The Morgan fingerprint density at radius 3 is 2.76 bits per heavy atom. The normalized spacial score (nSPS) is 11.6. The molecule has 0 fully saturated rings. The molecule has 0 aliphatic rings. The number of carbonyl (C=O) groups excluding carboxylic acids is 1. The number of aliphatic hydroxyl groups is 1. The van der Waals surface area contributed by atoms with Crippen molar-refractivity contribution in [3.8, 4) is 0 Å². The van der Waals surface area contributed by atoms with Crippen LogP contribution in [0.5, 0.6) is 0 Å². The van der Waals surface area contributed by atoms with Crippen molar-refractivity contribution >= 4 is 38.1 Å². The van der Waals surface area contributed by atoms with Gasteiger partial charge in [0, 0.05) is 18.4 Å². The Bertz CT molecular complexity index is 865. The quantitative estimate of drug-likeness (QED) is 0.675. The van der Waals surface area contributed by atoms with E-state index in [2.05, 4.69) is 15.0 Å². The minimum absolute atomic E-state index is 0.0236. The van der Waals surface area contributed by atoms with Crippen molar-refractivity contribution in [3.05, 3.63) is 40.7 Å². The summed E-state index contributed by atoms with van der Waals surface area (Å²) in [7, 11) is -3.74. The van der Waals surface area contributed by atoms with E-state index in [1.807, 2.05) is 0 Å². The highest BCUT2D eigenvalue weighted by Crippen LogP contribution is 2.23. The van der Waals surface area contributed by atoms with E-state index in [-0.39, 0.29) is 17.9 Å². The van der Waals surface area contributed by atoms with Gasteiger partial charge in [-0.05, 0) is 32.0 Å². The van der Waals surface area contributed by atoms with E-state index in [0.717, 1.165) is 12.1 Å². The fourth-order valence-electron chi connectivity index (χ4n) is 1.83. The van der Waals surface area contributed by atoms with Crippen LogP contribution < -0.4 is 10.0 Å². The molecule has 0 saturated heterocycles. The lowest BCUT2D eigenvalue weighted by atomic mass is 10.1. The summed E-state index contributed by atoms with van der Waals surface area (Å²) in [5.41, 5.74) is 0.463. The van der Waals surface area contributed by atoms with Crippen LogP contribution in [-0.2, 0) is 16.4 Å². The first-order chi connectivity index (χ1) is 11.7. The van der Waals surface area contributed by atoms with E-state index in [9.17, 15) is 17.6 Å². The zero-order chi connectivity index (χ0) is 18.6. The van der Waals surface area contributed by atoms with Crippen LogP contribution in [0.3, 0.4) is 0 Å². The summed E-state index contributed by atoms with van der Waals surface area (Å²) in [6.07, 6.45) is 0.363. The number of halogens is 1. The number of nitrogens with one attached hydrogen (secondary N) is 2. The molecule has 0 unspecified atom stereocenters. The molecule has 25 heavy (non-hydrogen) atoms. The number of sulfonamides is 1. The average molecular weight is 387 g/mol. The SMILES string of the molecule is CC(C)S(=O)(=O)Nc1cc(F)ccc1C(=O)Nc1nc(CCO)cs1. The third-order valence-electron chi connectivity index (χ3n) is 3.24. The van der Waals surface area contributed by atoms with Crippen LogP contribution in [-0.4, -0.2) is 36.3 Å².